The van der Waals surface area contributed by atoms with Gasteiger partial charge in [-0.15, -0.1) is 0 Å². The number of aromatic nitrogens is 1. The first-order chi connectivity index (χ1) is 19.2. The SMILES string of the molecule is CC(C)N(C(=O)C1CCCCC1)c1cc(F)c(Oc2ncc(CN3CCC(F)(F)C3)cc2C(F)(F)F)cc1C(=O)O. The van der Waals surface area contributed by atoms with Crippen LogP contribution in [0.2, 0.25) is 0 Å². The predicted octanol–water partition coefficient (Wildman–Crippen LogP) is 6.89. The van der Waals surface area contributed by atoms with E-state index in [0.717, 1.165) is 37.6 Å². The highest BCUT2D eigenvalue weighted by molar-refractivity contribution is 6.03. The van der Waals surface area contributed by atoms with E-state index in [-0.39, 0.29) is 36.2 Å². The lowest BCUT2D eigenvalue weighted by Gasteiger charge is -2.33. The quantitative estimate of drug-likeness (QED) is 0.339. The molecule has 0 bridgehead atoms. The first-order valence-corrected chi connectivity index (χ1v) is 13.4. The zero-order valence-corrected chi connectivity index (χ0v) is 22.6. The molecule has 1 aromatic heterocycles. The topological polar surface area (TPSA) is 83.0 Å². The molecule has 0 spiro atoms. The molecular weight excluding hydrogens is 556 g/mol. The van der Waals surface area contributed by atoms with Crippen LogP contribution in [0.5, 0.6) is 11.6 Å². The number of halogens is 6. The minimum atomic E-state index is -5.00. The number of carbonyl (C=O) groups is 2. The maximum absolute atomic E-state index is 15.3. The van der Waals surface area contributed by atoms with E-state index in [4.69, 9.17) is 4.74 Å². The van der Waals surface area contributed by atoms with E-state index in [1.165, 1.54) is 9.80 Å². The van der Waals surface area contributed by atoms with Gasteiger partial charge in [0.05, 0.1) is 17.8 Å². The van der Waals surface area contributed by atoms with Crippen molar-refractivity contribution in [2.75, 3.05) is 18.0 Å². The van der Waals surface area contributed by atoms with E-state index >= 15 is 4.39 Å². The Kier molecular flexibility index (Phi) is 8.86. The van der Waals surface area contributed by atoms with Crippen molar-refractivity contribution in [1.82, 2.24) is 9.88 Å². The zero-order valence-electron chi connectivity index (χ0n) is 22.6. The van der Waals surface area contributed by atoms with Gasteiger partial charge in [-0.25, -0.2) is 22.9 Å². The standard InChI is InChI=1S/C28H31F6N3O4/c1-16(2)37(25(38)18-6-4-3-5-7-18)22-12-21(29)23(11-19(22)26(39)40)41-24-20(28(32,33)34)10-17(13-35-24)14-36-9-8-27(30,31)15-36/h10-13,16,18H,3-9,14-15H2,1-2H3,(H,39,40). The fraction of sp³-hybridized carbons (Fsp3) is 0.536. The highest BCUT2D eigenvalue weighted by atomic mass is 19.4. The highest BCUT2D eigenvalue weighted by Gasteiger charge is 2.40. The fourth-order valence-corrected chi connectivity index (χ4v) is 5.36. The average molecular weight is 588 g/mol. The van der Waals surface area contributed by atoms with Crippen LogP contribution < -0.4 is 9.64 Å². The van der Waals surface area contributed by atoms with Crippen molar-refractivity contribution in [3.05, 3.63) is 46.9 Å². The Labute approximate surface area is 233 Å². The summed E-state index contributed by atoms with van der Waals surface area (Å²) in [6, 6.07) is 1.66. The summed E-state index contributed by atoms with van der Waals surface area (Å²) in [7, 11) is 0. The number of hydrogen-bond donors (Lipinski definition) is 1. The summed E-state index contributed by atoms with van der Waals surface area (Å²) in [6.07, 6.45) is -0.493. The van der Waals surface area contributed by atoms with Crippen LogP contribution in [-0.4, -0.2) is 51.9 Å². The number of amides is 1. The molecule has 0 radical (unpaired) electrons. The van der Waals surface area contributed by atoms with E-state index in [1.54, 1.807) is 13.8 Å². The van der Waals surface area contributed by atoms with Gasteiger partial charge in [0.2, 0.25) is 11.8 Å². The van der Waals surface area contributed by atoms with Gasteiger partial charge in [0.15, 0.2) is 11.6 Å². The molecule has 41 heavy (non-hydrogen) atoms. The van der Waals surface area contributed by atoms with Crippen molar-refractivity contribution in [1.29, 1.82) is 0 Å². The molecule has 13 heteroatoms. The van der Waals surface area contributed by atoms with Gasteiger partial charge < -0.3 is 14.7 Å². The number of pyridine rings is 1. The molecule has 1 amide bonds. The second-order valence-electron chi connectivity index (χ2n) is 10.9. The molecule has 1 saturated carbocycles. The van der Waals surface area contributed by atoms with Gasteiger partial charge in [-0.2, -0.15) is 13.2 Å². The lowest BCUT2D eigenvalue weighted by molar-refractivity contribution is -0.139. The normalized spacial score (nSPS) is 18.1. The summed E-state index contributed by atoms with van der Waals surface area (Å²) < 4.78 is 89.3. The van der Waals surface area contributed by atoms with Gasteiger partial charge in [-0.1, -0.05) is 19.3 Å². The van der Waals surface area contributed by atoms with Crippen LogP contribution >= 0.6 is 0 Å². The maximum atomic E-state index is 15.3. The predicted molar refractivity (Wildman–Crippen MR) is 137 cm³/mol. The smallest absolute Gasteiger partial charge is 0.421 e. The summed E-state index contributed by atoms with van der Waals surface area (Å²) in [6.45, 7) is 2.49. The van der Waals surface area contributed by atoms with Crippen LogP contribution in [0, 0.1) is 11.7 Å². The number of alkyl halides is 5. The van der Waals surface area contributed by atoms with E-state index in [0.29, 0.717) is 18.9 Å². The minimum absolute atomic E-state index is 0.00122. The number of aromatic carboxylic acids is 1. The lowest BCUT2D eigenvalue weighted by atomic mass is 9.87. The molecule has 2 heterocycles. The number of carboxylic acids is 1. The number of hydrogen-bond acceptors (Lipinski definition) is 5. The molecule has 224 valence electrons. The summed E-state index contributed by atoms with van der Waals surface area (Å²) in [5, 5.41) is 9.89. The van der Waals surface area contributed by atoms with E-state index in [1.807, 2.05) is 0 Å². The summed E-state index contributed by atoms with van der Waals surface area (Å²) in [5.74, 6) is -8.21. The van der Waals surface area contributed by atoms with Crippen molar-refractivity contribution in [3.63, 3.8) is 0 Å². The number of likely N-dealkylation sites (tertiary alicyclic amines) is 1. The third-order valence-corrected chi connectivity index (χ3v) is 7.32. The summed E-state index contributed by atoms with van der Waals surface area (Å²) in [5.41, 5.74) is -2.13. The molecule has 7 nitrogen and oxygen atoms in total. The monoisotopic (exact) mass is 587 g/mol. The number of carboxylic acid groups (broad SMARTS) is 1. The van der Waals surface area contributed by atoms with Crippen LogP contribution in [0.15, 0.2) is 24.4 Å². The Morgan fingerprint density at radius 3 is 2.41 bits per heavy atom. The molecule has 2 fully saturated rings. The van der Waals surface area contributed by atoms with Gasteiger partial charge in [-0.3, -0.25) is 9.69 Å². The Morgan fingerprint density at radius 1 is 1.17 bits per heavy atom. The number of ether oxygens (including phenoxy) is 1. The van der Waals surface area contributed by atoms with Crippen molar-refractivity contribution in [3.8, 4) is 11.6 Å². The van der Waals surface area contributed by atoms with Crippen molar-refractivity contribution < 1.29 is 45.8 Å². The zero-order chi connectivity index (χ0) is 30.1. The average Bonchev–Trinajstić information content (AvgIpc) is 3.23. The van der Waals surface area contributed by atoms with Crippen LogP contribution in [0.3, 0.4) is 0 Å². The van der Waals surface area contributed by atoms with E-state index < -0.39 is 65.6 Å². The Bertz CT molecular complexity index is 1290. The van der Waals surface area contributed by atoms with Gasteiger partial charge in [0, 0.05) is 49.8 Å². The van der Waals surface area contributed by atoms with Gasteiger partial charge >= 0.3 is 12.1 Å². The Morgan fingerprint density at radius 2 is 1.85 bits per heavy atom. The first kappa shape index (κ1) is 30.6. The second kappa shape index (κ2) is 11.9. The summed E-state index contributed by atoms with van der Waals surface area (Å²) in [4.78, 5) is 31.7. The molecule has 1 aliphatic carbocycles. The third-order valence-electron chi connectivity index (χ3n) is 7.32. The summed E-state index contributed by atoms with van der Waals surface area (Å²) >= 11 is 0. The Hall–Kier alpha value is -3.35. The molecule has 1 N–H and O–H groups in total. The number of nitrogens with zero attached hydrogens (tertiary/aromatic N) is 3. The largest absolute Gasteiger partial charge is 0.478 e. The van der Waals surface area contributed by atoms with Gasteiger partial charge in [0.1, 0.15) is 5.56 Å². The number of carbonyl (C=O) groups excluding carboxylic acids is 1. The van der Waals surface area contributed by atoms with Crippen molar-refractivity contribution in [2.45, 2.75) is 77.1 Å². The first-order valence-electron chi connectivity index (χ1n) is 13.4. The number of benzene rings is 1. The van der Waals surface area contributed by atoms with Crippen molar-refractivity contribution in [2.24, 2.45) is 5.92 Å². The molecule has 0 unspecified atom stereocenters. The minimum Gasteiger partial charge on any atom is -0.478 e. The molecule has 2 aromatic rings. The molecule has 0 atom stereocenters. The Balaban J connectivity index is 1.67. The molecule has 1 aromatic carbocycles. The van der Waals surface area contributed by atoms with Crippen LogP contribution in [0.25, 0.3) is 0 Å². The maximum Gasteiger partial charge on any atom is 0.421 e. The van der Waals surface area contributed by atoms with E-state index in [2.05, 4.69) is 4.98 Å². The number of anilines is 1. The van der Waals surface area contributed by atoms with Crippen molar-refractivity contribution >= 4 is 17.6 Å². The van der Waals surface area contributed by atoms with Gasteiger partial charge in [-0.05, 0) is 38.3 Å². The van der Waals surface area contributed by atoms with Gasteiger partial charge in [0.25, 0.3) is 5.92 Å². The fourth-order valence-electron chi connectivity index (χ4n) is 5.36. The number of rotatable bonds is 8. The highest BCUT2D eigenvalue weighted by Crippen LogP contribution is 2.40. The third kappa shape index (κ3) is 7.11. The van der Waals surface area contributed by atoms with Crippen LogP contribution in [-0.2, 0) is 17.5 Å². The molecule has 1 aliphatic heterocycles. The van der Waals surface area contributed by atoms with Crippen LogP contribution in [0.4, 0.5) is 32.0 Å². The van der Waals surface area contributed by atoms with Crippen LogP contribution in [0.1, 0.15) is 73.9 Å². The molecular formula is C28H31F6N3O4. The van der Waals surface area contributed by atoms with E-state index in [9.17, 15) is 36.6 Å². The second-order valence-corrected chi connectivity index (χ2v) is 10.9. The molecule has 4 rings (SSSR count). The lowest BCUT2D eigenvalue weighted by Crippen LogP contribution is -2.42. The molecule has 1 saturated heterocycles. The molecule has 2 aliphatic rings.